The van der Waals surface area contributed by atoms with Crippen LogP contribution >= 0.6 is 0 Å². The molecule has 62 valence electrons. The molecule has 0 heterocycles. The first-order valence-electron chi connectivity index (χ1n) is 3.25. The second-order valence-corrected chi connectivity index (χ2v) is 2.71. The number of carboxylic acids is 2. The van der Waals surface area contributed by atoms with E-state index in [1.807, 2.05) is 0 Å². The highest BCUT2D eigenvalue weighted by atomic mass is 16.4. The van der Waals surface area contributed by atoms with E-state index >= 15 is 0 Å². The molecular formula is C6H9NO4. The lowest BCUT2D eigenvalue weighted by Gasteiger charge is -2.01. The molecular weight excluding hydrogens is 150 g/mol. The van der Waals surface area contributed by atoms with Gasteiger partial charge >= 0.3 is 11.9 Å². The lowest BCUT2D eigenvalue weighted by Crippen LogP contribution is -2.33. The van der Waals surface area contributed by atoms with Gasteiger partial charge in [-0.1, -0.05) is 0 Å². The van der Waals surface area contributed by atoms with Crippen LogP contribution in [0.25, 0.3) is 0 Å². The summed E-state index contributed by atoms with van der Waals surface area (Å²) in [6.45, 7) is 0. The van der Waals surface area contributed by atoms with Crippen LogP contribution in [0.3, 0.4) is 0 Å². The lowest BCUT2D eigenvalue weighted by molar-refractivity contribution is -0.140. The number of carboxylic acid groups (broad SMARTS) is 2. The number of hydrogen-bond donors (Lipinski definition) is 3. The van der Waals surface area contributed by atoms with Crippen molar-refractivity contribution in [3.63, 3.8) is 0 Å². The van der Waals surface area contributed by atoms with Gasteiger partial charge in [0.15, 0.2) is 0 Å². The molecule has 0 aliphatic heterocycles. The van der Waals surface area contributed by atoms with Crippen molar-refractivity contribution in [1.82, 2.24) is 0 Å². The van der Waals surface area contributed by atoms with E-state index in [-0.39, 0.29) is 5.92 Å². The topological polar surface area (TPSA) is 101 Å². The molecule has 0 aromatic heterocycles. The first kappa shape index (κ1) is 8.00. The van der Waals surface area contributed by atoms with E-state index in [2.05, 4.69) is 0 Å². The molecule has 0 amide bonds. The maximum Gasteiger partial charge on any atom is 0.320 e. The van der Waals surface area contributed by atoms with Crippen LogP contribution in [0.4, 0.5) is 0 Å². The van der Waals surface area contributed by atoms with Gasteiger partial charge in [0.25, 0.3) is 0 Å². The molecule has 1 aliphatic rings. The zero-order valence-corrected chi connectivity index (χ0v) is 5.73. The van der Waals surface area contributed by atoms with E-state index in [0.717, 1.165) is 0 Å². The van der Waals surface area contributed by atoms with Crippen molar-refractivity contribution in [1.29, 1.82) is 0 Å². The maximum absolute atomic E-state index is 10.3. The summed E-state index contributed by atoms with van der Waals surface area (Å²) in [6.07, 6.45) is 0.392. The Labute approximate surface area is 62.8 Å². The number of nitrogens with two attached hydrogens (primary N) is 1. The van der Waals surface area contributed by atoms with E-state index in [1.165, 1.54) is 0 Å². The van der Waals surface area contributed by atoms with Gasteiger partial charge in [0.2, 0.25) is 0 Å². The third-order valence-corrected chi connectivity index (χ3v) is 1.90. The van der Waals surface area contributed by atoms with Crippen molar-refractivity contribution in [3.05, 3.63) is 0 Å². The average Bonchev–Trinajstić information content (AvgIpc) is 2.63. The first-order chi connectivity index (χ1) is 5.04. The Morgan fingerprint density at radius 3 is 2.27 bits per heavy atom. The summed E-state index contributed by atoms with van der Waals surface area (Å²) < 4.78 is 0. The van der Waals surface area contributed by atoms with Gasteiger partial charge in [-0.3, -0.25) is 9.59 Å². The lowest BCUT2D eigenvalue weighted by atomic mass is 10.1. The van der Waals surface area contributed by atoms with Crippen LogP contribution < -0.4 is 5.73 Å². The van der Waals surface area contributed by atoms with Crippen molar-refractivity contribution in [2.24, 2.45) is 17.6 Å². The van der Waals surface area contributed by atoms with Crippen molar-refractivity contribution in [3.8, 4) is 0 Å². The summed E-state index contributed by atoms with van der Waals surface area (Å²) in [6, 6.07) is -1.02. The Balaban J connectivity index is 2.43. The molecule has 1 saturated carbocycles. The predicted molar refractivity (Wildman–Crippen MR) is 34.8 cm³/mol. The van der Waals surface area contributed by atoms with Crippen molar-refractivity contribution in [2.75, 3.05) is 0 Å². The largest absolute Gasteiger partial charge is 0.481 e. The summed E-state index contributed by atoms with van der Waals surface area (Å²) in [5.74, 6) is -2.99. The van der Waals surface area contributed by atoms with Crippen LogP contribution in [0.2, 0.25) is 0 Å². The summed E-state index contributed by atoms with van der Waals surface area (Å²) >= 11 is 0. The molecule has 1 rings (SSSR count). The first-order valence-corrected chi connectivity index (χ1v) is 3.25. The van der Waals surface area contributed by atoms with E-state index in [4.69, 9.17) is 15.9 Å². The third kappa shape index (κ3) is 1.48. The van der Waals surface area contributed by atoms with Gasteiger partial charge in [0.1, 0.15) is 6.04 Å². The Kier molecular flexibility index (Phi) is 1.82. The van der Waals surface area contributed by atoms with Crippen molar-refractivity contribution < 1.29 is 19.8 Å². The number of carbonyl (C=O) groups is 2. The molecule has 0 spiro atoms. The maximum atomic E-state index is 10.3. The quantitative estimate of drug-likeness (QED) is 0.496. The molecule has 1 unspecified atom stereocenters. The fourth-order valence-electron chi connectivity index (χ4n) is 1.08. The SMILES string of the molecule is NC(C(=O)O)[C@H]1C[C@@H]1C(=O)O. The minimum atomic E-state index is -1.13. The fraction of sp³-hybridized carbons (Fsp3) is 0.667. The highest BCUT2D eigenvalue weighted by molar-refractivity contribution is 5.79. The standard InChI is InChI=1S/C6H9NO4/c7-4(6(10)11)2-1-3(2)5(8)9/h2-4H,1,7H2,(H,8,9)(H,10,11)/t2-,3-,4?/m0/s1. The smallest absolute Gasteiger partial charge is 0.320 e. The summed E-state index contributed by atoms with van der Waals surface area (Å²) in [5, 5.41) is 16.8. The van der Waals surface area contributed by atoms with E-state index in [0.29, 0.717) is 6.42 Å². The van der Waals surface area contributed by atoms with E-state index in [1.54, 1.807) is 0 Å². The molecule has 0 aromatic carbocycles. The highest BCUT2D eigenvalue weighted by Gasteiger charge is 2.49. The normalized spacial score (nSPS) is 31.0. The minimum Gasteiger partial charge on any atom is -0.481 e. The Bertz CT molecular complexity index is 203. The molecule has 1 fully saturated rings. The highest BCUT2D eigenvalue weighted by Crippen LogP contribution is 2.40. The van der Waals surface area contributed by atoms with E-state index in [9.17, 15) is 9.59 Å². The Morgan fingerprint density at radius 2 is 2.00 bits per heavy atom. The van der Waals surface area contributed by atoms with Crippen molar-refractivity contribution >= 4 is 11.9 Å². The summed E-state index contributed by atoms with van der Waals surface area (Å²) in [7, 11) is 0. The average molecular weight is 159 g/mol. The second-order valence-electron chi connectivity index (χ2n) is 2.71. The monoisotopic (exact) mass is 159 g/mol. The number of hydrogen-bond acceptors (Lipinski definition) is 3. The van der Waals surface area contributed by atoms with Gasteiger partial charge in [-0.2, -0.15) is 0 Å². The van der Waals surface area contributed by atoms with Gasteiger partial charge in [-0.05, 0) is 12.3 Å². The molecule has 5 nitrogen and oxygen atoms in total. The van der Waals surface area contributed by atoms with Gasteiger partial charge in [0.05, 0.1) is 5.92 Å². The van der Waals surface area contributed by atoms with Gasteiger partial charge in [-0.15, -0.1) is 0 Å². The molecule has 5 heteroatoms. The molecule has 3 atom stereocenters. The second kappa shape index (κ2) is 2.50. The fourth-order valence-corrected chi connectivity index (χ4v) is 1.08. The van der Waals surface area contributed by atoms with Gasteiger partial charge in [0, 0.05) is 0 Å². The number of rotatable bonds is 3. The molecule has 1 aliphatic carbocycles. The van der Waals surface area contributed by atoms with Crippen LogP contribution in [-0.2, 0) is 9.59 Å². The molecule has 11 heavy (non-hydrogen) atoms. The third-order valence-electron chi connectivity index (χ3n) is 1.90. The zero-order valence-electron chi connectivity index (χ0n) is 5.73. The summed E-state index contributed by atoms with van der Waals surface area (Å²) in [5.41, 5.74) is 5.19. The molecule has 4 N–H and O–H groups in total. The molecule has 0 bridgehead atoms. The minimum absolute atomic E-state index is 0.370. The van der Waals surface area contributed by atoms with E-state index < -0.39 is 23.9 Å². The Hall–Kier alpha value is -1.10. The molecule has 0 saturated heterocycles. The van der Waals surface area contributed by atoms with Crippen LogP contribution in [0.5, 0.6) is 0 Å². The van der Waals surface area contributed by atoms with Crippen LogP contribution in [0, 0.1) is 11.8 Å². The Morgan fingerprint density at radius 1 is 1.45 bits per heavy atom. The molecule has 0 radical (unpaired) electrons. The zero-order chi connectivity index (χ0) is 8.59. The predicted octanol–water partition coefficient (Wildman–Crippen LogP) is -0.881. The van der Waals surface area contributed by atoms with Crippen LogP contribution in [0.15, 0.2) is 0 Å². The summed E-state index contributed by atoms with van der Waals surface area (Å²) in [4.78, 5) is 20.5. The van der Waals surface area contributed by atoms with Crippen molar-refractivity contribution in [2.45, 2.75) is 12.5 Å². The molecule has 0 aromatic rings. The number of aliphatic carboxylic acids is 2. The van der Waals surface area contributed by atoms with Gasteiger partial charge < -0.3 is 15.9 Å². The van der Waals surface area contributed by atoms with Gasteiger partial charge in [-0.25, -0.2) is 0 Å². The van der Waals surface area contributed by atoms with Crippen LogP contribution in [0.1, 0.15) is 6.42 Å². The van der Waals surface area contributed by atoms with Crippen LogP contribution in [-0.4, -0.2) is 28.2 Å².